The lowest BCUT2D eigenvalue weighted by atomic mass is 9.91. The minimum atomic E-state index is -3.51. The van der Waals surface area contributed by atoms with Crippen molar-refractivity contribution in [3.8, 4) is 0 Å². The van der Waals surface area contributed by atoms with Crippen molar-refractivity contribution in [2.45, 2.75) is 231 Å². The largest absolute Gasteiger partial charge is 0.356 e. The van der Waals surface area contributed by atoms with Crippen LogP contribution in [0.15, 0.2) is 0 Å². The van der Waals surface area contributed by atoms with Crippen molar-refractivity contribution in [1.82, 2.24) is 31.9 Å². The van der Waals surface area contributed by atoms with E-state index in [1.165, 1.54) is 0 Å². The Morgan fingerprint density at radius 1 is 0.407 bits per heavy atom. The van der Waals surface area contributed by atoms with E-state index in [0.717, 1.165) is 25.8 Å². The van der Waals surface area contributed by atoms with Crippen molar-refractivity contribution >= 4 is 60.5 Å². The number of rotatable bonds is 24. The quantitative estimate of drug-likeness (QED) is 0.0443. The van der Waals surface area contributed by atoms with E-state index < -0.39 is 25.0 Å². The summed E-state index contributed by atoms with van der Waals surface area (Å²) in [5, 5.41) is 16.5. The van der Waals surface area contributed by atoms with Crippen LogP contribution >= 0.6 is 15.2 Å². The molecule has 20 nitrogen and oxygen atoms in total. The van der Waals surface area contributed by atoms with Gasteiger partial charge >= 0.3 is 15.2 Å². The number of amides is 6. The third-order valence-electron chi connectivity index (χ3n) is 8.81. The molecule has 0 aromatic carbocycles. The molecular weight excluding hydrogens is 1100 g/mol. The number of hydrogen-bond acceptors (Lipinski definition) is 13. The molecule has 0 rings (SSSR count). The van der Waals surface area contributed by atoms with Gasteiger partial charge in [0.15, 0.2) is 0 Å². The Labute approximate surface area is 495 Å². The summed E-state index contributed by atoms with van der Waals surface area (Å²) in [4.78, 5) is 76.9. The van der Waals surface area contributed by atoms with Crippen LogP contribution in [0, 0.1) is 32.5 Å². The average molecular weight is 1220 g/mol. The highest BCUT2D eigenvalue weighted by Crippen LogP contribution is 2.47. The molecule has 1 atom stereocenters. The second-order valence-corrected chi connectivity index (χ2v) is 34.6. The molecule has 0 aliphatic rings. The molecule has 486 valence electrons. The fourth-order valence-corrected chi connectivity index (χ4v) is 8.90. The maximum atomic E-state index is 12.1. The maximum absolute atomic E-state index is 12.1. The molecule has 0 aliphatic carbocycles. The molecule has 0 aromatic rings. The van der Waals surface area contributed by atoms with E-state index >= 15 is 0 Å². The molecule has 0 heterocycles. The Balaban J connectivity index is -0.000000211. The highest BCUT2D eigenvalue weighted by Gasteiger charge is 2.25. The van der Waals surface area contributed by atoms with Crippen LogP contribution in [0.25, 0.3) is 0 Å². The molecule has 1 unspecified atom stereocenters. The van der Waals surface area contributed by atoms with Gasteiger partial charge < -0.3 is 50.4 Å². The van der Waals surface area contributed by atoms with Crippen LogP contribution in [0.1, 0.15) is 225 Å². The molecule has 6 amide bonds. The van der Waals surface area contributed by atoms with E-state index in [-0.39, 0.29) is 111 Å². The van der Waals surface area contributed by atoms with Crippen molar-refractivity contribution in [1.29, 1.82) is 0 Å². The number of hydrogen-bond donors (Lipinski definition) is 7. The zero-order valence-corrected chi connectivity index (χ0v) is 58.9. The van der Waals surface area contributed by atoms with Gasteiger partial charge in [-0.1, -0.05) is 132 Å². The summed E-state index contributed by atoms with van der Waals surface area (Å²) < 4.78 is 59.8. The maximum Gasteiger partial charge on any atom is 0.332 e. The molecule has 81 heavy (non-hydrogen) atoms. The number of carbonyl (C=O) groups excluding carboxylic acids is 6. The van der Waals surface area contributed by atoms with E-state index in [9.17, 15) is 51.2 Å². The first-order chi connectivity index (χ1) is 36.0. The van der Waals surface area contributed by atoms with Crippen LogP contribution in [0.3, 0.4) is 0 Å². The van der Waals surface area contributed by atoms with Crippen molar-refractivity contribution in [2.24, 2.45) is 32.5 Å². The normalized spacial score (nSPS) is 12.8. The Kier molecular flexibility index (Phi) is 47.2. The molecule has 0 saturated carbocycles. The first kappa shape index (κ1) is 89.3. The Bertz CT molecular complexity index is 1940. The zero-order chi connectivity index (χ0) is 65.6. The van der Waals surface area contributed by atoms with Crippen LogP contribution in [-0.4, -0.2) is 131 Å². The molecule has 0 radical (unpaired) electrons. The van der Waals surface area contributed by atoms with Crippen molar-refractivity contribution in [3.05, 3.63) is 0 Å². The molecule has 0 fully saturated rings. The summed E-state index contributed by atoms with van der Waals surface area (Å²) in [6.07, 6.45) is 5.41. The summed E-state index contributed by atoms with van der Waals surface area (Å²) in [5.74, 6) is 0.208. The topological polar surface area (TPSA) is 291 Å². The second kappa shape index (κ2) is 42.8. The SMILES string of the molecule is CC(C)(C)CC(=O)NC(C)(C)C.CC(C)(C)CC(=O)NCCS(C)(=O)=O.CCCNC(=O)CC(C)(C)C.CCNC(=O)CC(C)(C)C.CCOP(=O)(CCNC(=O)CC(C)(C)C)OCC.CCOP(=O)(O)CCNC(=O)CC(C)(C)C. The van der Waals surface area contributed by atoms with Gasteiger partial charge in [0.2, 0.25) is 35.4 Å². The Morgan fingerprint density at radius 2 is 0.679 bits per heavy atom. The number of carbonyl (C=O) groups is 6. The third kappa shape index (κ3) is 83.6. The summed E-state index contributed by atoms with van der Waals surface area (Å²) in [7, 11) is -9.53. The van der Waals surface area contributed by atoms with Gasteiger partial charge in [-0.25, -0.2) is 8.42 Å². The minimum Gasteiger partial charge on any atom is -0.356 e. The van der Waals surface area contributed by atoms with E-state index in [1.54, 1.807) is 20.8 Å². The van der Waals surface area contributed by atoms with Crippen molar-refractivity contribution in [3.63, 3.8) is 0 Å². The lowest BCUT2D eigenvalue weighted by Gasteiger charge is -2.24. The van der Waals surface area contributed by atoms with E-state index in [2.05, 4.69) is 106 Å². The van der Waals surface area contributed by atoms with E-state index in [0.29, 0.717) is 58.3 Å². The molecule has 0 saturated heterocycles. The standard InChI is InChI=1S/C12H26NO4P.C10H22NO4P.C10H21NO.C9H19NO3S.C9H19NO.C8H17NO/c1-6-16-18(15,17-7-2)9-8-13-11(14)10-12(3,4)5;1-5-15-16(13,14)7-6-11-9(12)8-10(2,3)4;1-9(2,3)7-8(12)11-10(4,5)6;1-9(2,3)7-8(11)10-5-6-14(4,12)13;1-5-6-10-8(11)7-9(2,3)4;1-5-9-7(10)6-8(2,3)4/h6-10H2,1-5H3,(H,13,14);5-8H2,1-4H3,(H,11,12)(H,13,14);7H2,1-6H3,(H,11,12);5-7H2,1-4H3,(H,10,11);5-7H2,1-4H3,(H,10,11);5-6H2,1-4H3,(H,9,10). The van der Waals surface area contributed by atoms with Gasteiger partial charge in [0, 0.05) is 83.0 Å². The predicted octanol–water partition coefficient (Wildman–Crippen LogP) is 11.0. The highest BCUT2D eigenvalue weighted by atomic mass is 32.2. The van der Waals surface area contributed by atoms with Crippen LogP contribution in [-0.2, 0) is 61.3 Å². The second-order valence-electron chi connectivity index (χ2n) is 28.2. The summed E-state index contributed by atoms with van der Waals surface area (Å²) in [5.41, 5.74) is 0.00441. The summed E-state index contributed by atoms with van der Waals surface area (Å²) in [6.45, 7) is 54.6. The Hall–Kier alpha value is -2.93. The molecule has 7 N–H and O–H groups in total. The molecule has 0 aliphatic heterocycles. The fraction of sp³-hybridized carbons (Fsp3) is 0.897. The van der Waals surface area contributed by atoms with Crippen molar-refractivity contribution < 1.29 is 64.8 Å². The molecule has 0 bridgehead atoms. The molecule has 23 heteroatoms. The van der Waals surface area contributed by atoms with E-state index in [4.69, 9.17) is 9.05 Å². The summed E-state index contributed by atoms with van der Waals surface area (Å²) >= 11 is 0. The highest BCUT2D eigenvalue weighted by molar-refractivity contribution is 7.90. The minimum absolute atomic E-state index is 0.00286. The van der Waals surface area contributed by atoms with Gasteiger partial charge in [-0.05, 0) is 87.4 Å². The van der Waals surface area contributed by atoms with Gasteiger partial charge in [-0.2, -0.15) is 0 Å². The van der Waals surface area contributed by atoms with Crippen molar-refractivity contribution in [2.75, 3.05) is 76.9 Å². The molecular formula is C58H124N6O14P2S. The van der Waals surface area contributed by atoms with E-state index in [1.807, 2.05) is 90.0 Å². The first-order valence-corrected chi connectivity index (χ1v) is 34.2. The van der Waals surface area contributed by atoms with Crippen LogP contribution in [0.5, 0.6) is 0 Å². The van der Waals surface area contributed by atoms with Gasteiger partial charge in [-0.3, -0.25) is 37.9 Å². The predicted molar refractivity (Wildman–Crippen MR) is 335 cm³/mol. The van der Waals surface area contributed by atoms with Crippen LogP contribution in [0.2, 0.25) is 0 Å². The zero-order valence-electron chi connectivity index (χ0n) is 56.3. The van der Waals surface area contributed by atoms with Gasteiger partial charge in [0.25, 0.3) is 0 Å². The molecule has 0 aromatic heterocycles. The average Bonchev–Trinajstić information content (AvgIpc) is 3.16. The molecule has 0 spiro atoms. The number of sulfone groups is 1. The van der Waals surface area contributed by atoms with Gasteiger partial charge in [-0.15, -0.1) is 0 Å². The van der Waals surface area contributed by atoms with Crippen LogP contribution < -0.4 is 31.9 Å². The number of nitrogens with one attached hydrogen (secondary N) is 6. The smallest absolute Gasteiger partial charge is 0.332 e. The van der Waals surface area contributed by atoms with Gasteiger partial charge in [0.05, 0.1) is 37.9 Å². The van der Waals surface area contributed by atoms with Gasteiger partial charge in [0.1, 0.15) is 9.84 Å². The third-order valence-corrected chi connectivity index (χ3v) is 13.3. The fourth-order valence-electron chi connectivity index (χ4n) is 6.00. The lowest BCUT2D eigenvalue weighted by molar-refractivity contribution is -0.125. The first-order valence-electron chi connectivity index (χ1n) is 28.7. The Morgan fingerprint density at radius 3 is 0.938 bits per heavy atom. The lowest BCUT2D eigenvalue weighted by Crippen LogP contribution is -2.41. The van der Waals surface area contributed by atoms with Crippen LogP contribution in [0.4, 0.5) is 0 Å². The monoisotopic (exact) mass is 1220 g/mol. The summed E-state index contributed by atoms with van der Waals surface area (Å²) in [6, 6.07) is 0.